The zero-order valence-corrected chi connectivity index (χ0v) is 15.2. The van der Waals surface area contributed by atoms with Crippen LogP contribution in [0.15, 0.2) is 42.0 Å². The van der Waals surface area contributed by atoms with Gasteiger partial charge in [0, 0.05) is 21.7 Å². The van der Waals surface area contributed by atoms with E-state index in [2.05, 4.69) is 51.1 Å². The van der Waals surface area contributed by atoms with Crippen LogP contribution in [-0.4, -0.2) is 6.10 Å². The second kappa shape index (κ2) is 10.5. The van der Waals surface area contributed by atoms with Crippen molar-refractivity contribution in [2.75, 3.05) is 0 Å². The molecule has 20 heavy (non-hydrogen) atoms. The monoisotopic (exact) mass is 347 g/mol. The molecule has 4 heteroatoms. The number of ether oxygens (including phenoxy) is 1. The molecule has 0 N–H and O–H groups in total. The minimum absolute atomic E-state index is 0. The van der Waals surface area contributed by atoms with Gasteiger partial charge in [0.05, 0.1) is 6.10 Å². The molecule has 1 atom stereocenters. The van der Waals surface area contributed by atoms with Gasteiger partial charge in [-0.2, -0.15) is 6.08 Å². The largest absolute Gasteiger partial charge is 0.491 e. The van der Waals surface area contributed by atoms with Crippen LogP contribution in [0, 0.1) is 6.08 Å². The summed E-state index contributed by atoms with van der Waals surface area (Å²) in [6.45, 7) is 6.32. The van der Waals surface area contributed by atoms with Crippen LogP contribution >= 0.6 is 24.8 Å². The first kappa shape index (κ1) is 22.1. The van der Waals surface area contributed by atoms with E-state index in [0.717, 1.165) is 12.2 Å². The Morgan fingerprint density at radius 3 is 2.30 bits per heavy atom. The molecule has 0 saturated heterocycles. The number of hydrogen-bond donors (Lipinski definition) is 0. The summed E-state index contributed by atoms with van der Waals surface area (Å²) in [6, 6.07) is 8.28. The molecule has 0 aliphatic heterocycles. The fraction of sp³-hybridized carbons (Fsp3) is 0.375. The van der Waals surface area contributed by atoms with Crippen molar-refractivity contribution in [2.24, 2.45) is 0 Å². The summed E-state index contributed by atoms with van der Waals surface area (Å²) in [5, 5.41) is 0. The Balaban J connectivity index is 0. The second-order valence-electron chi connectivity index (χ2n) is 4.66. The van der Waals surface area contributed by atoms with E-state index in [4.69, 9.17) is 4.74 Å². The van der Waals surface area contributed by atoms with E-state index >= 15 is 0 Å². The van der Waals surface area contributed by atoms with Crippen LogP contribution in [0.5, 0.6) is 5.75 Å². The molecular formula is C16H21Cl2OTi-. The van der Waals surface area contributed by atoms with Crippen molar-refractivity contribution in [1.82, 2.24) is 0 Å². The van der Waals surface area contributed by atoms with Gasteiger partial charge in [-0.15, -0.1) is 31.2 Å². The quantitative estimate of drug-likeness (QED) is 0.543. The van der Waals surface area contributed by atoms with E-state index in [-0.39, 0.29) is 52.6 Å². The Hall–Kier alpha value is -0.206. The van der Waals surface area contributed by atoms with Crippen LogP contribution in [-0.2, 0) is 21.7 Å². The molecule has 2 rings (SSSR count). The van der Waals surface area contributed by atoms with Crippen LogP contribution in [0.2, 0.25) is 0 Å². The van der Waals surface area contributed by atoms with Crippen molar-refractivity contribution in [3.63, 3.8) is 0 Å². The molecular weight excluding hydrogens is 327 g/mol. The topological polar surface area (TPSA) is 9.23 Å². The summed E-state index contributed by atoms with van der Waals surface area (Å²) in [6.07, 6.45) is 8.85. The van der Waals surface area contributed by atoms with Gasteiger partial charge < -0.3 is 4.74 Å². The predicted molar refractivity (Wildman–Crippen MR) is 85.6 cm³/mol. The Morgan fingerprint density at radius 2 is 1.75 bits per heavy atom. The first-order chi connectivity index (χ1) is 8.18. The first-order valence-electron chi connectivity index (χ1n) is 6.21. The third kappa shape index (κ3) is 5.65. The third-order valence-electron chi connectivity index (χ3n) is 2.94. The number of para-hydroxylation sites is 1. The fourth-order valence-electron chi connectivity index (χ4n) is 2.09. The molecule has 1 unspecified atom stereocenters. The van der Waals surface area contributed by atoms with Gasteiger partial charge >= 0.3 is 0 Å². The number of halogens is 2. The van der Waals surface area contributed by atoms with Gasteiger partial charge in [-0.05, 0) is 31.4 Å². The molecule has 0 fully saturated rings. The minimum atomic E-state index is 0. The van der Waals surface area contributed by atoms with E-state index in [1.54, 1.807) is 0 Å². The zero-order valence-electron chi connectivity index (χ0n) is 12.1. The molecule has 0 bridgehead atoms. The van der Waals surface area contributed by atoms with E-state index in [9.17, 15) is 0 Å². The van der Waals surface area contributed by atoms with E-state index in [1.165, 1.54) is 11.1 Å². The Bertz CT molecular complexity index is 456. The normalized spacial score (nSPS) is 13.7. The van der Waals surface area contributed by atoms with Gasteiger partial charge in [-0.1, -0.05) is 25.1 Å². The smallest absolute Gasteiger partial charge is 0.123 e. The maximum absolute atomic E-state index is 5.86. The molecule has 0 radical (unpaired) electrons. The fourth-order valence-corrected chi connectivity index (χ4v) is 2.09. The van der Waals surface area contributed by atoms with Crippen LogP contribution in [0.1, 0.15) is 38.7 Å². The average Bonchev–Trinajstić information content (AvgIpc) is 2.81. The molecule has 0 heterocycles. The molecule has 1 aromatic rings. The SMILES string of the molecule is CC(C)Oc1ccccc1C(C)C1=[C-]CC=C1.Cl.Cl.[Ti]. The van der Waals surface area contributed by atoms with E-state index in [0.29, 0.717) is 5.92 Å². The zero-order chi connectivity index (χ0) is 12.3. The molecule has 1 nitrogen and oxygen atoms in total. The van der Waals surface area contributed by atoms with Gasteiger partial charge in [0.25, 0.3) is 0 Å². The number of allylic oxidation sites excluding steroid dienone is 4. The molecule has 0 amide bonds. The second-order valence-corrected chi connectivity index (χ2v) is 4.66. The van der Waals surface area contributed by atoms with Gasteiger partial charge in [-0.3, -0.25) is 6.08 Å². The maximum atomic E-state index is 5.86. The van der Waals surface area contributed by atoms with E-state index in [1.807, 2.05) is 12.1 Å². The van der Waals surface area contributed by atoms with Gasteiger partial charge in [0.15, 0.2) is 0 Å². The average molecular weight is 348 g/mol. The first-order valence-corrected chi connectivity index (χ1v) is 6.21. The van der Waals surface area contributed by atoms with E-state index < -0.39 is 0 Å². The molecule has 110 valence electrons. The van der Waals surface area contributed by atoms with Crippen molar-refractivity contribution in [3.05, 3.63) is 53.6 Å². The third-order valence-corrected chi connectivity index (χ3v) is 2.94. The van der Waals surface area contributed by atoms with Gasteiger partial charge in [-0.25, -0.2) is 11.6 Å². The maximum Gasteiger partial charge on any atom is 0.123 e. The van der Waals surface area contributed by atoms with Crippen LogP contribution in [0.4, 0.5) is 0 Å². The Kier molecular flexibility index (Phi) is 11.6. The number of hydrogen-bond acceptors (Lipinski definition) is 1. The molecule has 1 aliphatic rings. The predicted octanol–water partition coefficient (Wildman–Crippen LogP) is 5.11. The van der Waals surface area contributed by atoms with Crippen LogP contribution in [0.25, 0.3) is 0 Å². The number of rotatable bonds is 4. The summed E-state index contributed by atoms with van der Waals surface area (Å²) < 4.78 is 5.86. The van der Waals surface area contributed by atoms with Gasteiger partial charge in [0.2, 0.25) is 0 Å². The van der Waals surface area contributed by atoms with Gasteiger partial charge in [0.1, 0.15) is 5.75 Å². The van der Waals surface area contributed by atoms with Crippen molar-refractivity contribution >= 4 is 24.8 Å². The van der Waals surface area contributed by atoms with Crippen molar-refractivity contribution in [1.29, 1.82) is 0 Å². The van der Waals surface area contributed by atoms with Crippen LogP contribution < -0.4 is 4.74 Å². The summed E-state index contributed by atoms with van der Waals surface area (Å²) in [5.41, 5.74) is 2.51. The summed E-state index contributed by atoms with van der Waals surface area (Å²) >= 11 is 0. The van der Waals surface area contributed by atoms with Crippen molar-refractivity contribution in [3.8, 4) is 5.75 Å². The molecule has 0 saturated carbocycles. The van der Waals surface area contributed by atoms with Crippen molar-refractivity contribution < 1.29 is 26.5 Å². The molecule has 1 aromatic carbocycles. The Morgan fingerprint density at radius 1 is 1.10 bits per heavy atom. The molecule has 1 aliphatic carbocycles. The molecule has 0 spiro atoms. The Labute approximate surface area is 149 Å². The standard InChI is InChI=1S/C16H19O.2ClH.Ti/c1-12(2)17-16-11-7-6-10-15(16)13(3)14-8-4-5-9-14;;;/h4,6-8,10-13H,5H2,1-3H3;2*1H;/q-1;;;. The van der Waals surface area contributed by atoms with Crippen molar-refractivity contribution in [2.45, 2.75) is 39.2 Å². The van der Waals surface area contributed by atoms with Crippen LogP contribution in [0.3, 0.4) is 0 Å². The molecule has 0 aromatic heterocycles. The summed E-state index contributed by atoms with van der Waals surface area (Å²) in [7, 11) is 0. The number of benzene rings is 1. The summed E-state index contributed by atoms with van der Waals surface area (Å²) in [4.78, 5) is 0. The minimum Gasteiger partial charge on any atom is -0.491 e. The summed E-state index contributed by atoms with van der Waals surface area (Å²) in [5.74, 6) is 1.34.